The summed E-state index contributed by atoms with van der Waals surface area (Å²) in [6.07, 6.45) is 2.73. The number of benzene rings is 2. The standard InChI is InChI=1S/C19H18N2O2/c22-14-7-10-21(11-8-14)19(23)17-12-13-4-1-2-5-15(13)16-6-3-9-20-18(16)17/h1-6,9,12,14,22H,7-8,10-11H2. The number of rotatable bonds is 1. The highest BCUT2D eigenvalue weighted by Crippen LogP contribution is 2.28. The van der Waals surface area contributed by atoms with Crippen molar-refractivity contribution in [2.75, 3.05) is 13.1 Å². The highest BCUT2D eigenvalue weighted by Gasteiger charge is 2.24. The van der Waals surface area contributed by atoms with Crippen LogP contribution < -0.4 is 0 Å². The van der Waals surface area contributed by atoms with Crippen molar-refractivity contribution in [2.45, 2.75) is 18.9 Å². The van der Waals surface area contributed by atoms with E-state index in [-0.39, 0.29) is 12.0 Å². The van der Waals surface area contributed by atoms with Crippen molar-refractivity contribution < 1.29 is 9.90 Å². The summed E-state index contributed by atoms with van der Waals surface area (Å²) in [7, 11) is 0. The van der Waals surface area contributed by atoms with E-state index in [2.05, 4.69) is 11.1 Å². The van der Waals surface area contributed by atoms with Crippen LogP contribution >= 0.6 is 0 Å². The number of hydrogen-bond acceptors (Lipinski definition) is 3. The number of pyridine rings is 1. The van der Waals surface area contributed by atoms with Crippen LogP contribution in [0.2, 0.25) is 0 Å². The minimum absolute atomic E-state index is 0.00588. The van der Waals surface area contributed by atoms with E-state index in [1.165, 1.54) is 0 Å². The molecule has 4 nitrogen and oxygen atoms in total. The summed E-state index contributed by atoms with van der Waals surface area (Å²) in [6, 6.07) is 13.9. The number of fused-ring (bicyclic) bond motifs is 3. The summed E-state index contributed by atoms with van der Waals surface area (Å²) in [5, 5.41) is 12.8. The van der Waals surface area contributed by atoms with Crippen LogP contribution in [0.1, 0.15) is 23.2 Å². The maximum Gasteiger partial charge on any atom is 0.256 e. The first-order chi connectivity index (χ1) is 11.2. The molecule has 1 amide bonds. The lowest BCUT2D eigenvalue weighted by atomic mass is 9.99. The van der Waals surface area contributed by atoms with Crippen LogP contribution in [0.5, 0.6) is 0 Å². The maximum atomic E-state index is 13.0. The van der Waals surface area contributed by atoms with E-state index in [4.69, 9.17) is 0 Å². The number of piperidine rings is 1. The van der Waals surface area contributed by atoms with Gasteiger partial charge in [-0.1, -0.05) is 30.3 Å². The third-order valence-corrected chi connectivity index (χ3v) is 4.60. The van der Waals surface area contributed by atoms with Gasteiger partial charge < -0.3 is 10.0 Å². The minimum atomic E-state index is -0.287. The van der Waals surface area contributed by atoms with E-state index in [0.29, 0.717) is 31.5 Å². The fraction of sp³-hybridized carbons (Fsp3) is 0.263. The monoisotopic (exact) mass is 306 g/mol. The second-order valence-electron chi connectivity index (χ2n) is 6.07. The first-order valence-electron chi connectivity index (χ1n) is 7.98. The molecular formula is C19H18N2O2. The fourth-order valence-corrected chi connectivity index (χ4v) is 3.33. The summed E-state index contributed by atoms with van der Waals surface area (Å²) in [5.41, 5.74) is 1.40. The Balaban J connectivity index is 1.86. The number of hydrogen-bond donors (Lipinski definition) is 1. The number of carbonyl (C=O) groups is 1. The number of carbonyl (C=O) groups excluding carboxylic acids is 1. The smallest absolute Gasteiger partial charge is 0.256 e. The number of nitrogens with zero attached hydrogens (tertiary/aromatic N) is 2. The molecule has 2 aromatic carbocycles. The average molecular weight is 306 g/mol. The first kappa shape index (κ1) is 14.2. The molecule has 4 rings (SSSR count). The molecule has 0 aliphatic carbocycles. The molecule has 1 saturated heterocycles. The van der Waals surface area contributed by atoms with Gasteiger partial charge in [0, 0.05) is 24.7 Å². The predicted octanol–water partition coefficient (Wildman–Crippen LogP) is 2.98. The predicted molar refractivity (Wildman–Crippen MR) is 90.4 cm³/mol. The van der Waals surface area contributed by atoms with Crippen LogP contribution in [0.15, 0.2) is 48.7 Å². The SMILES string of the molecule is O=C(c1cc2ccccc2c2cccnc12)N1CCC(O)CC1. The molecule has 0 spiro atoms. The van der Waals surface area contributed by atoms with Gasteiger partial charge in [-0.25, -0.2) is 0 Å². The Kier molecular flexibility index (Phi) is 3.46. The van der Waals surface area contributed by atoms with E-state index in [9.17, 15) is 9.90 Å². The Morgan fingerprint density at radius 3 is 2.65 bits per heavy atom. The largest absolute Gasteiger partial charge is 0.393 e. The van der Waals surface area contributed by atoms with Crippen molar-refractivity contribution in [3.8, 4) is 0 Å². The summed E-state index contributed by atoms with van der Waals surface area (Å²) < 4.78 is 0. The number of aliphatic hydroxyl groups is 1. The lowest BCUT2D eigenvalue weighted by Gasteiger charge is -2.30. The Morgan fingerprint density at radius 2 is 1.83 bits per heavy atom. The van der Waals surface area contributed by atoms with Crippen molar-refractivity contribution in [1.29, 1.82) is 0 Å². The zero-order valence-electron chi connectivity index (χ0n) is 12.8. The van der Waals surface area contributed by atoms with Gasteiger partial charge >= 0.3 is 0 Å². The zero-order valence-corrected chi connectivity index (χ0v) is 12.8. The van der Waals surface area contributed by atoms with Crippen molar-refractivity contribution >= 4 is 27.6 Å². The molecule has 3 aromatic rings. The van der Waals surface area contributed by atoms with E-state index >= 15 is 0 Å². The van der Waals surface area contributed by atoms with Crippen LogP contribution in [0.25, 0.3) is 21.7 Å². The van der Waals surface area contributed by atoms with Crippen LogP contribution in [0.3, 0.4) is 0 Å². The van der Waals surface area contributed by atoms with Crippen LogP contribution in [-0.4, -0.2) is 40.1 Å². The molecule has 0 atom stereocenters. The second kappa shape index (κ2) is 5.63. The van der Waals surface area contributed by atoms with E-state index in [1.807, 2.05) is 41.3 Å². The summed E-state index contributed by atoms with van der Waals surface area (Å²) in [6.45, 7) is 1.20. The van der Waals surface area contributed by atoms with Gasteiger partial charge in [-0.15, -0.1) is 0 Å². The molecule has 0 unspecified atom stereocenters. The molecule has 1 aromatic heterocycles. The molecule has 1 aliphatic heterocycles. The van der Waals surface area contributed by atoms with Crippen LogP contribution in [0, 0.1) is 0 Å². The molecule has 1 aliphatic rings. The number of likely N-dealkylation sites (tertiary alicyclic amines) is 1. The summed E-state index contributed by atoms with van der Waals surface area (Å²) >= 11 is 0. The van der Waals surface area contributed by atoms with Gasteiger partial charge in [-0.05, 0) is 35.7 Å². The molecule has 0 radical (unpaired) electrons. The lowest BCUT2D eigenvalue weighted by molar-refractivity contribution is 0.0548. The average Bonchev–Trinajstić information content (AvgIpc) is 2.61. The molecule has 23 heavy (non-hydrogen) atoms. The molecule has 116 valence electrons. The number of amides is 1. The van der Waals surface area contributed by atoms with Crippen molar-refractivity contribution in [3.05, 3.63) is 54.2 Å². The first-order valence-corrected chi connectivity index (χ1v) is 7.98. The third kappa shape index (κ3) is 2.45. The fourth-order valence-electron chi connectivity index (χ4n) is 3.33. The van der Waals surface area contributed by atoms with Gasteiger partial charge in [0.25, 0.3) is 5.91 Å². The zero-order chi connectivity index (χ0) is 15.8. The Morgan fingerprint density at radius 1 is 1.09 bits per heavy atom. The molecule has 0 saturated carbocycles. The van der Waals surface area contributed by atoms with E-state index < -0.39 is 0 Å². The number of aliphatic hydroxyl groups excluding tert-OH is 1. The molecule has 0 bridgehead atoms. The Labute approximate surface area is 134 Å². The Hall–Kier alpha value is -2.46. The van der Waals surface area contributed by atoms with Gasteiger partial charge in [0.05, 0.1) is 17.2 Å². The highest BCUT2D eigenvalue weighted by atomic mass is 16.3. The molecule has 4 heteroatoms. The van der Waals surface area contributed by atoms with E-state index in [0.717, 1.165) is 21.7 Å². The summed E-state index contributed by atoms with van der Waals surface area (Å²) in [5.74, 6) is 0.00588. The van der Waals surface area contributed by atoms with Gasteiger partial charge in [0.1, 0.15) is 0 Å². The second-order valence-corrected chi connectivity index (χ2v) is 6.07. The number of aromatic nitrogens is 1. The van der Waals surface area contributed by atoms with Gasteiger partial charge in [-0.2, -0.15) is 0 Å². The Bertz CT molecular complexity index is 883. The van der Waals surface area contributed by atoms with Gasteiger partial charge in [-0.3, -0.25) is 9.78 Å². The molecule has 1 fully saturated rings. The topological polar surface area (TPSA) is 53.4 Å². The van der Waals surface area contributed by atoms with E-state index in [1.54, 1.807) is 6.20 Å². The van der Waals surface area contributed by atoms with Gasteiger partial charge in [0.15, 0.2) is 0 Å². The van der Waals surface area contributed by atoms with Crippen molar-refractivity contribution in [1.82, 2.24) is 9.88 Å². The molecular weight excluding hydrogens is 288 g/mol. The van der Waals surface area contributed by atoms with Crippen LogP contribution in [0.4, 0.5) is 0 Å². The summed E-state index contributed by atoms with van der Waals surface area (Å²) in [4.78, 5) is 19.3. The van der Waals surface area contributed by atoms with Crippen molar-refractivity contribution in [3.63, 3.8) is 0 Å². The van der Waals surface area contributed by atoms with Gasteiger partial charge in [0.2, 0.25) is 0 Å². The molecule has 1 N–H and O–H groups in total. The minimum Gasteiger partial charge on any atom is -0.393 e. The van der Waals surface area contributed by atoms with Crippen LogP contribution in [-0.2, 0) is 0 Å². The van der Waals surface area contributed by atoms with Crippen molar-refractivity contribution in [2.24, 2.45) is 0 Å². The maximum absolute atomic E-state index is 13.0. The lowest BCUT2D eigenvalue weighted by Crippen LogP contribution is -2.40. The quantitative estimate of drug-likeness (QED) is 0.703. The highest BCUT2D eigenvalue weighted by molar-refractivity contribution is 6.15. The third-order valence-electron chi connectivity index (χ3n) is 4.60. The normalized spacial score (nSPS) is 16.1. The molecule has 2 heterocycles.